The lowest BCUT2D eigenvalue weighted by Gasteiger charge is -2.08. The van der Waals surface area contributed by atoms with Crippen molar-refractivity contribution in [3.63, 3.8) is 0 Å². The predicted octanol–water partition coefficient (Wildman–Crippen LogP) is 4.49. The Morgan fingerprint density at radius 2 is 1.93 bits per heavy atom. The fraction of sp³-hybridized carbons (Fsp3) is 0.286. The predicted molar refractivity (Wildman–Crippen MR) is 65.3 cm³/mol. The van der Waals surface area contributed by atoms with Crippen LogP contribution in [0.4, 0.5) is 0 Å². The highest BCUT2D eigenvalue weighted by atomic mass is 14.1. The minimum Gasteiger partial charge on any atom is -0.0984 e. The number of rotatable bonds is 3. The standard InChI is InChI=1S/C14H18/c1-5-7-13-8-9-14(11(3)4)10-12(13)6-2/h5-11H,2H2,1,3-4H3/b7-5+. The minimum absolute atomic E-state index is 0.577. The first-order valence-electron chi connectivity index (χ1n) is 5.08. The van der Waals surface area contributed by atoms with Crippen molar-refractivity contribution in [1.82, 2.24) is 0 Å². The number of hydrogen-bond donors (Lipinski definition) is 0. The monoisotopic (exact) mass is 186 g/mol. The first-order valence-corrected chi connectivity index (χ1v) is 5.08. The highest BCUT2D eigenvalue weighted by molar-refractivity contribution is 5.65. The fourth-order valence-corrected chi connectivity index (χ4v) is 1.46. The van der Waals surface area contributed by atoms with E-state index in [9.17, 15) is 0 Å². The molecule has 0 heterocycles. The molecular weight excluding hydrogens is 168 g/mol. The van der Waals surface area contributed by atoms with Gasteiger partial charge in [0, 0.05) is 0 Å². The zero-order valence-corrected chi connectivity index (χ0v) is 9.25. The van der Waals surface area contributed by atoms with Gasteiger partial charge in [0.05, 0.1) is 0 Å². The summed E-state index contributed by atoms with van der Waals surface area (Å²) in [6, 6.07) is 6.56. The van der Waals surface area contributed by atoms with Crippen LogP contribution in [0.5, 0.6) is 0 Å². The molecule has 74 valence electrons. The van der Waals surface area contributed by atoms with Crippen LogP contribution in [0.15, 0.2) is 30.9 Å². The van der Waals surface area contributed by atoms with Gasteiger partial charge in [-0.2, -0.15) is 0 Å². The van der Waals surface area contributed by atoms with Crippen LogP contribution in [0.3, 0.4) is 0 Å². The van der Waals surface area contributed by atoms with E-state index in [-0.39, 0.29) is 0 Å². The molecule has 0 fully saturated rings. The van der Waals surface area contributed by atoms with E-state index in [2.05, 4.69) is 50.8 Å². The molecule has 0 radical (unpaired) electrons. The number of benzene rings is 1. The van der Waals surface area contributed by atoms with Crippen LogP contribution in [0.1, 0.15) is 43.4 Å². The van der Waals surface area contributed by atoms with Crippen LogP contribution in [0, 0.1) is 0 Å². The molecule has 0 bridgehead atoms. The third-order valence-corrected chi connectivity index (χ3v) is 2.34. The molecule has 1 rings (SSSR count). The third kappa shape index (κ3) is 2.35. The van der Waals surface area contributed by atoms with Crippen LogP contribution in [-0.4, -0.2) is 0 Å². The van der Waals surface area contributed by atoms with Gasteiger partial charge in [0.2, 0.25) is 0 Å². The van der Waals surface area contributed by atoms with E-state index in [4.69, 9.17) is 0 Å². The molecule has 1 aromatic rings. The average Bonchev–Trinajstić information content (AvgIpc) is 2.18. The Hall–Kier alpha value is -1.30. The van der Waals surface area contributed by atoms with Crippen molar-refractivity contribution in [2.45, 2.75) is 26.7 Å². The Bertz CT molecular complexity index is 343. The molecule has 14 heavy (non-hydrogen) atoms. The van der Waals surface area contributed by atoms with Crippen molar-refractivity contribution in [2.75, 3.05) is 0 Å². The summed E-state index contributed by atoms with van der Waals surface area (Å²) in [5.41, 5.74) is 3.83. The Labute approximate surface area is 87.0 Å². The maximum atomic E-state index is 3.84. The highest BCUT2D eigenvalue weighted by Crippen LogP contribution is 2.20. The Balaban J connectivity index is 3.17. The highest BCUT2D eigenvalue weighted by Gasteiger charge is 2.01. The summed E-state index contributed by atoms with van der Waals surface area (Å²) in [6.45, 7) is 10.3. The van der Waals surface area contributed by atoms with Crippen LogP contribution in [0.2, 0.25) is 0 Å². The second-order valence-corrected chi connectivity index (χ2v) is 3.75. The Morgan fingerprint density at radius 1 is 1.21 bits per heavy atom. The van der Waals surface area contributed by atoms with Gasteiger partial charge >= 0.3 is 0 Å². The molecule has 0 saturated heterocycles. The lowest BCUT2D eigenvalue weighted by molar-refractivity contribution is 0.866. The van der Waals surface area contributed by atoms with Crippen LogP contribution < -0.4 is 0 Å². The average molecular weight is 186 g/mol. The van der Waals surface area contributed by atoms with Gasteiger partial charge in [-0.05, 0) is 29.5 Å². The maximum absolute atomic E-state index is 3.84. The van der Waals surface area contributed by atoms with E-state index >= 15 is 0 Å². The van der Waals surface area contributed by atoms with Gasteiger partial charge in [0.1, 0.15) is 0 Å². The summed E-state index contributed by atoms with van der Waals surface area (Å²) in [6.07, 6.45) is 6.08. The van der Waals surface area contributed by atoms with Gasteiger partial charge in [-0.25, -0.2) is 0 Å². The minimum atomic E-state index is 0.577. The molecule has 0 heteroatoms. The van der Waals surface area contributed by atoms with Gasteiger partial charge in [-0.15, -0.1) is 0 Å². The van der Waals surface area contributed by atoms with Gasteiger partial charge in [0.25, 0.3) is 0 Å². The van der Waals surface area contributed by atoms with Gasteiger partial charge in [0.15, 0.2) is 0 Å². The molecule has 0 amide bonds. The molecule has 0 spiro atoms. The molecular formula is C14H18. The number of hydrogen-bond acceptors (Lipinski definition) is 0. The fourth-order valence-electron chi connectivity index (χ4n) is 1.46. The number of allylic oxidation sites excluding steroid dienone is 1. The molecule has 0 aliphatic carbocycles. The summed E-state index contributed by atoms with van der Waals surface area (Å²) in [5, 5.41) is 0. The van der Waals surface area contributed by atoms with Crippen molar-refractivity contribution in [2.24, 2.45) is 0 Å². The molecule has 0 aliphatic rings. The van der Waals surface area contributed by atoms with Crippen LogP contribution in [-0.2, 0) is 0 Å². The van der Waals surface area contributed by atoms with Crippen LogP contribution in [0.25, 0.3) is 12.2 Å². The normalized spacial score (nSPS) is 11.1. The summed E-state index contributed by atoms with van der Waals surface area (Å²) in [7, 11) is 0. The molecule has 0 unspecified atom stereocenters. The molecule has 0 atom stereocenters. The van der Waals surface area contributed by atoms with E-state index in [0.717, 1.165) is 0 Å². The smallest absolute Gasteiger partial charge is 0.0187 e. The van der Waals surface area contributed by atoms with Gasteiger partial charge < -0.3 is 0 Å². The zero-order valence-electron chi connectivity index (χ0n) is 9.25. The SMILES string of the molecule is C=Cc1cc(C(C)C)ccc1/C=C/C. The van der Waals surface area contributed by atoms with E-state index in [1.54, 1.807) is 0 Å². The molecule has 1 aromatic carbocycles. The molecule has 0 saturated carbocycles. The topological polar surface area (TPSA) is 0 Å². The van der Waals surface area contributed by atoms with Crippen LogP contribution >= 0.6 is 0 Å². The molecule has 0 aromatic heterocycles. The van der Waals surface area contributed by atoms with Crippen molar-refractivity contribution < 1.29 is 0 Å². The molecule has 0 N–H and O–H groups in total. The van der Waals surface area contributed by atoms with E-state index < -0.39 is 0 Å². The van der Waals surface area contributed by atoms with E-state index in [1.165, 1.54) is 16.7 Å². The van der Waals surface area contributed by atoms with Gasteiger partial charge in [-0.3, -0.25) is 0 Å². The summed E-state index contributed by atoms with van der Waals surface area (Å²) in [4.78, 5) is 0. The quantitative estimate of drug-likeness (QED) is 0.652. The second-order valence-electron chi connectivity index (χ2n) is 3.75. The lowest BCUT2D eigenvalue weighted by atomic mass is 9.97. The first-order chi connectivity index (χ1) is 6.69. The van der Waals surface area contributed by atoms with Crippen molar-refractivity contribution in [3.05, 3.63) is 47.5 Å². The Kier molecular flexibility index (Phi) is 3.70. The molecule has 0 aliphatic heterocycles. The van der Waals surface area contributed by atoms with Gasteiger partial charge in [-0.1, -0.05) is 56.9 Å². The molecule has 0 nitrogen and oxygen atoms in total. The Morgan fingerprint density at radius 3 is 2.43 bits per heavy atom. The second kappa shape index (κ2) is 4.80. The van der Waals surface area contributed by atoms with Crippen molar-refractivity contribution in [1.29, 1.82) is 0 Å². The summed E-state index contributed by atoms with van der Waals surface area (Å²) in [5.74, 6) is 0.577. The van der Waals surface area contributed by atoms with Crippen molar-refractivity contribution in [3.8, 4) is 0 Å². The third-order valence-electron chi connectivity index (χ3n) is 2.34. The zero-order chi connectivity index (χ0) is 10.6. The van der Waals surface area contributed by atoms with Crippen molar-refractivity contribution >= 4 is 12.2 Å². The largest absolute Gasteiger partial charge is 0.0984 e. The lowest BCUT2D eigenvalue weighted by Crippen LogP contribution is -1.89. The summed E-state index contributed by atoms with van der Waals surface area (Å²) >= 11 is 0. The first kappa shape index (κ1) is 10.8. The maximum Gasteiger partial charge on any atom is -0.0187 e. The summed E-state index contributed by atoms with van der Waals surface area (Å²) < 4.78 is 0. The van der Waals surface area contributed by atoms with E-state index in [1.807, 2.05) is 13.0 Å². The van der Waals surface area contributed by atoms with E-state index in [0.29, 0.717) is 5.92 Å².